The second kappa shape index (κ2) is 7.04. The topological polar surface area (TPSA) is 56.6 Å². The second-order valence-electron chi connectivity index (χ2n) is 5.44. The summed E-state index contributed by atoms with van der Waals surface area (Å²) in [6.45, 7) is 2.98. The zero-order valence-corrected chi connectivity index (χ0v) is 13.3. The summed E-state index contributed by atoms with van der Waals surface area (Å²) < 4.78 is 12.1. The van der Waals surface area contributed by atoms with Gasteiger partial charge < -0.3 is 14.4 Å². The van der Waals surface area contributed by atoms with Crippen molar-refractivity contribution in [2.75, 3.05) is 27.3 Å². The van der Waals surface area contributed by atoms with Crippen LogP contribution in [-0.4, -0.2) is 54.2 Å². The van der Waals surface area contributed by atoms with E-state index in [0.717, 1.165) is 18.4 Å². The molecule has 1 aliphatic rings. The van der Waals surface area contributed by atoms with E-state index < -0.39 is 6.29 Å². The summed E-state index contributed by atoms with van der Waals surface area (Å²) in [5, 5.41) is 4.28. The molecule has 6 heteroatoms. The number of amides is 1. The van der Waals surface area contributed by atoms with Gasteiger partial charge in [0.1, 0.15) is 5.69 Å². The molecule has 0 unspecified atom stereocenters. The molecule has 0 bridgehead atoms. The summed E-state index contributed by atoms with van der Waals surface area (Å²) in [5.74, 6) is 0.482. The van der Waals surface area contributed by atoms with E-state index >= 15 is 0 Å². The third-order valence-corrected chi connectivity index (χ3v) is 4.28. The Morgan fingerprint density at radius 3 is 2.62 bits per heavy atom. The Kier molecular flexibility index (Phi) is 5.36. The predicted molar refractivity (Wildman–Crippen MR) is 79.2 cm³/mol. The lowest BCUT2D eigenvalue weighted by atomic mass is 9.80. The molecule has 0 atom stereocenters. The van der Waals surface area contributed by atoms with Gasteiger partial charge in [0.2, 0.25) is 0 Å². The molecule has 0 saturated heterocycles. The van der Waals surface area contributed by atoms with Gasteiger partial charge in [0.15, 0.2) is 6.29 Å². The van der Waals surface area contributed by atoms with E-state index in [1.54, 1.807) is 23.8 Å². The van der Waals surface area contributed by atoms with E-state index in [9.17, 15) is 4.79 Å². The van der Waals surface area contributed by atoms with Crippen LogP contribution >= 0.6 is 0 Å². The average Bonchev–Trinajstić information content (AvgIpc) is 2.79. The number of ether oxygens (including phenoxy) is 2. The molecule has 21 heavy (non-hydrogen) atoms. The molecule has 118 valence electrons. The first kappa shape index (κ1) is 16.0. The number of aromatic nitrogens is 2. The molecule has 1 heterocycles. The lowest BCUT2D eigenvalue weighted by Gasteiger charge is -2.28. The van der Waals surface area contributed by atoms with Crippen molar-refractivity contribution in [3.05, 3.63) is 17.5 Å². The summed E-state index contributed by atoms with van der Waals surface area (Å²) >= 11 is 0. The summed E-state index contributed by atoms with van der Waals surface area (Å²) in [6, 6.07) is 0. The maximum atomic E-state index is 12.8. The minimum Gasteiger partial charge on any atom is -0.354 e. The summed E-state index contributed by atoms with van der Waals surface area (Å²) in [7, 11) is 4.99. The number of hydrogen-bond acceptors (Lipinski definition) is 4. The van der Waals surface area contributed by atoms with Crippen LogP contribution < -0.4 is 0 Å². The second-order valence-corrected chi connectivity index (χ2v) is 5.44. The van der Waals surface area contributed by atoms with Crippen molar-refractivity contribution >= 4 is 5.91 Å². The largest absolute Gasteiger partial charge is 0.354 e. The van der Waals surface area contributed by atoms with Crippen LogP contribution in [0.4, 0.5) is 0 Å². The molecule has 0 N–H and O–H groups in total. The Labute approximate surface area is 126 Å². The number of hydrogen-bond donors (Lipinski definition) is 0. The zero-order chi connectivity index (χ0) is 15.4. The molecule has 0 aliphatic heterocycles. The Morgan fingerprint density at radius 1 is 1.48 bits per heavy atom. The highest BCUT2D eigenvalue weighted by atomic mass is 16.7. The summed E-state index contributed by atoms with van der Waals surface area (Å²) in [4.78, 5) is 14.6. The van der Waals surface area contributed by atoms with Crippen molar-refractivity contribution in [1.29, 1.82) is 0 Å². The third kappa shape index (κ3) is 3.27. The van der Waals surface area contributed by atoms with E-state index in [4.69, 9.17) is 9.47 Å². The van der Waals surface area contributed by atoms with Crippen molar-refractivity contribution in [3.63, 3.8) is 0 Å². The van der Waals surface area contributed by atoms with Gasteiger partial charge >= 0.3 is 0 Å². The standard InChI is InChI=1S/C15H25N3O3/c1-5-18(10-13(20-3)21-4)15(19)14-12(9-16-17(14)2)11-7-6-8-11/h9,11,13H,5-8,10H2,1-4H3. The van der Waals surface area contributed by atoms with Crippen LogP contribution in [0, 0.1) is 0 Å². The van der Waals surface area contributed by atoms with E-state index in [-0.39, 0.29) is 5.91 Å². The van der Waals surface area contributed by atoms with Crippen molar-refractivity contribution < 1.29 is 14.3 Å². The van der Waals surface area contributed by atoms with Crippen LogP contribution in [0.3, 0.4) is 0 Å². The van der Waals surface area contributed by atoms with Crippen molar-refractivity contribution in [2.45, 2.75) is 38.4 Å². The van der Waals surface area contributed by atoms with Gasteiger partial charge in [0, 0.05) is 33.4 Å². The van der Waals surface area contributed by atoms with Crippen LogP contribution in [-0.2, 0) is 16.5 Å². The van der Waals surface area contributed by atoms with Gasteiger partial charge in [-0.05, 0) is 25.7 Å². The number of rotatable bonds is 7. The van der Waals surface area contributed by atoms with Crippen LogP contribution in [0.1, 0.15) is 48.2 Å². The smallest absolute Gasteiger partial charge is 0.272 e. The molecular formula is C15H25N3O3. The van der Waals surface area contributed by atoms with Crippen molar-refractivity contribution in [3.8, 4) is 0 Å². The molecule has 6 nitrogen and oxygen atoms in total. The molecule has 1 aliphatic carbocycles. The monoisotopic (exact) mass is 295 g/mol. The van der Waals surface area contributed by atoms with Gasteiger partial charge in [0.05, 0.1) is 12.7 Å². The van der Waals surface area contributed by atoms with Crippen molar-refractivity contribution in [1.82, 2.24) is 14.7 Å². The fraction of sp³-hybridized carbons (Fsp3) is 0.733. The number of carbonyl (C=O) groups excluding carboxylic acids is 1. The van der Waals surface area contributed by atoms with Gasteiger partial charge in [-0.25, -0.2) is 0 Å². The van der Waals surface area contributed by atoms with Gasteiger partial charge in [-0.1, -0.05) is 6.42 Å². The van der Waals surface area contributed by atoms with E-state index in [0.29, 0.717) is 24.7 Å². The van der Waals surface area contributed by atoms with Crippen LogP contribution in [0.5, 0.6) is 0 Å². The number of nitrogens with zero attached hydrogens (tertiary/aromatic N) is 3. The molecule has 1 fully saturated rings. The van der Waals surface area contributed by atoms with E-state index in [2.05, 4.69) is 5.10 Å². The predicted octanol–water partition coefficient (Wildman–Crippen LogP) is 1.77. The number of likely N-dealkylation sites (N-methyl/N-ethyl adjacent to an activating group) is 1. The molecule has 0 aromatic carbocycles. The minimum atomic E-state index is -0.408. The van der Waals surface area contributed by atoms with Crippen LogP contribution in [0.2, 0.25) is 0 Å². The Hall–Kier alpha value is -1.40. The van der Waals surface area contributed by atoms with Crippen molar-refractivity contribution in [2.24, 2.45) is 7.05 Å². The number of aryl methyl sites for hydroxylation is 1. The maximum absolute atomic E-state index is 12.8. The normalized spacial score (nSPS) is 15.3. The third-order valence-electron chi connectivity index (χ3n) is 4.28. The molecule has 0 spiro atoms. The fourth-order valence-corrected chi connectivity index (χ4v) is 2.67. The fourth-order valence-electron chi connectivity index (χ4n) is 2.67. The van der Waals surface area contributed by atoms with E-state index in [1.165, 1.54) is 6.42 Å². The highest BCUT2D eigenvalue weighted by Crippen LogP contribution is 2.38. The maximum Gasteiger partial charge on any atom is 0.272 e. The average molecular weight is 295 g/mol. The molecule has 1 aromatic heterocycles. The minimum absolute atomic E-state index is 0.00139. The molecule has 0 radical (unpaired) electrons. The number of carbonyl (C=O) groups is 1. The first-order valence-corrected chi connectivity index (χ1v) is 7.49. The first-order valence-electron chi connectivity index (χ1n) is 7.49. The quantitative estimate of drug-likeness (QED) is 0.719. The van der Waals surface area contributed by atoms with E-state index in [1.807, 2.05) is 20.2 Å². The highest BCUT2D eigenvalue weighted by Gasteiger charge is 2.30. The van der Waals surface area contributed by atoms with Gasteiger partial charge in [-0.15, -0.1) is 0 Å². The lowest BCUT2D eigenvalue weighted by Crippen LogP contribution is -2.40. The Bertz CT molecular complexity index is 479. The SMILES string of the molecule is CCN(CC(OC)OC)C(=O)c1c(C2CCC2)cnn1C. The lowest BCUT2D eigenvalue weighted by molar-refractivity contribution is -0.111. The molecule has 1 aromatic rings. The summed E-state index contributed by atoms with van der Waals surface area (Å²) in [6.07, 6.45) is 4.97. The molecular weight excluding hydrogens is 270 g/mol. The van der Waals surface area contributed by atoms with Gasteiger partial charge in [-0.2, -0.15) is 5.10 Å². The summed E-state index contributed by atoms with van der Waals surface area (Å²) in [5.41, 5.74) is 1.78. The highest BCUT2D eigenvalue weighted by molar-refractivity contribution is 5.94. The molecule has 1 saturated carbocycles. The van der Waals surface area contributed by atoms with Gasteiger partial charge in [0.25, 0.3) is 5.91 Å². The number of methoxy groups -OCH3 is 2. The Balaban J connectivity index is 2.19. The Morgan fingerprint density at radius 2 is 2.14 bits per heavy atom. The first-order chi connectivity index (χ1) is 10.1. The molecule has 1 amide bonds. The van der Waals surface area contributed by atoms with Crippen LogP contribution in [0.15, 0.2) is 6.20 Å². The van der Waals surface area contributed by atoms with Gasteiger partial charge in [-0.3, -0.25) is 9.48 Å². The zero-order valence-electron chi connectivity index (χ0n) is 13.3. The molecule has 2 rings (SSSR count). The van der Waals surface area contributed by atoms with Crippen LogP contribution in [0.25, 0.3) is 0 Å².